The van der Waals surface area contributed by atoms with Crippen LogP contribution in [0.4, 0.5) is 23.1 Å². The molecule has 1 aliphatic rings. The molecule has 0 saturated carbocycles. The van der Waals surface area contributed by atoms with Crippen LogP contribution < -0.4 is 21.3 Å². The maximum atomic E-state index is 11.6. The highest BCUT2D eigenvalue weighted by Crippen LogP contribution is 2.22. The number of carbonyl (C=O) groups is 2. The van der Waals surface area contributed by atoms with Crippen molar-refractivity contribution in [1.29, 1.82) is 0 Å². The first kappa shape index (κ1) is 21.3. The second-order valence-corrected chi connectivity index (χ2v) is 6.90. The van der Waals surface area contributed by atoms with Crippen LogP contribution in [0.2, 0.25) is 0 Å². The number of methoxy groups -OCH3 is 1. The standard InChI is InChI=1S/C20H27N7O3/c1-14(28)26-8-10-27(11-9-26)16-5-3-15(4-6-16)24-20-23-13-17(18(21)29)19(25-20)22-7-12-30-2/h3-6,13H,7-12H2,1-2H3,(H2,21,29)(H2,22,23,24,25). The monoisotopic (exact) mass is 413 g/mol. The predicted octanol–water partition coefficient (Wildman–Crippen LogP) is 1.05. The molecule has 1 aromatic carbocycles. The Morgan fingerprint density at radius 3 is 2.47 bits per heavy atom. The smallest absolute Gasteiger partial charge is 0.254 e. The van der Waals surface area contributed by atoms with E-state index < -0.39 is 5.91 Å². The van der Waals surface area contributed by atoms with E-state index in [0.717, 1.165) is 37.6 Å². The van der Waals surface area contributed by atoms with Crippen molar-refractivity contribution in [2.24, 2.45) is 5.73 Å². The number of anilines is 4. The Morgan fingerprint density at radius 1 is 1.17 bits per heavy atom. The Hall–Kier alpha value is -3.40. The zero-order valence-electron chi connectivity index (χ0n) is 17.2. The lowest BCUT2D eigenvalue weighted by molar-refractivity contribution is -0.129. The third kappa shape index (κ3) is 5.35. The van der Waals surface area contributed by atoms with Crippen molar-refractivity contribution in [3.63, 3.8) is 0 Å². The van der Waals surface area contributed by atoms with Crippen LogP contribution in [0, 0.1) is 0 Å². The molecule has 0 radical (unpaired) electrons. The summed E-state index contributed by atoms with van der Waals surface area (Å²) in [6, 6.07) is 7.91. The molecule has 1 aromatic heterocycles. The molecule has 1 fully saturated rings. The number of nitrogens with one attached hydrogen (secondary N) is 2. The van der Waals surface area contributed by atoms with Gasteiger partial charge in [-0.15, -0.1) is 0 Å². The van der Waals surface area contributed by atoms with E-state index in [-0.39, 0.29) is 11.5 Å². The van der Waals surface area contributed by atoms with Crippen LogP contribution in [0.1, 0.15) is 17.3 Å². The summed E-state index contributed by atoms with van der Waals surface area (Å²) in [4.78, 5) is 35.7. The number of hydrogen-bond donors (Lipinski definition) is 3. The van der Waals surface area contributed by atoms with Gasteiger partial charge < -0.3 is 30.9 Å². The van der Waals surface area contributed by atoms with Crippen molar-refractivity contribution >= 4 is 35.0 Å². The molecule has 2 heterocycles. The molecule has 4 N–H and O–H groups in total. The molecule has 1 saturated heterocycles. The highest BCUT2D eigenvalue weighted by atomic mass is 16.5. The number of rotatable bonds is 8. The predicted molar refractivity (Wildman–Crippen MR) is 115 cm³/mol. The summed E-state index contributed by atoms with van der Waals surface area (Å²) in [6.07, 6.45) is 1.40. The summed E-state index contributed by atoms with van der Waals surface area (Å²) in [5.41, 5.74) is 7.53. The Bertz CT molecular complexity index is 880. The van der Waals surface area contributed by atoms with Crippen molar-refractivity contribution in [1.82, 2.24) is 14.9 Å². The van der Waals surface area contributed by atoms with Gasteiger partial charge in [0.2, 0.25) is 11.9 Å². The molecule has 2 aromatic rings. The topological polar surface area (TPSA) is 126 Å². The summed E-state index contributed by atoms with van der Waals surface area (Å²) in [7, 11) is 1.59. The van der Waals surface area contributed by atoms with E-state index in [2.05, 4.69) is 25.5 Å². The molecule has 10 heteroatoms. The van der Waals surface area contributed by atoms with Crippen LogP contribution in [0.25, 0.3) is 0 Å². The van der Waals surface area contributed by atoms with Crippen molar-refractivity contribution in [2.75, 3.05) is 62.0 Å². The fourth-order valence-electron chi connectivity index (χ4n) is 3.19. The summed E-state index contributed by atoms with van der Waals surface area (Å²) >= 11 is 0. The number of nitrogens with zero attached hydrogens (tertiary/aromatic N) is 4. The third-order valence-electron chi connectivity index (χ3n) is 4.87. The lowest BCUT2D eigenvalue weighted by Gasteiger charge is -2.35. The molecule has 0 spiro atoms. The molecule has 0 atom stereocenters. The summed E-state index contributed by atoms with van der Waals surface area (Å²) < 4.78 is 5.01. The van der Waals surface area contributed by atoms with Gasteiger partial charge in [-0.3, -0.25) is 9.59 Å². The molecule has 0 aliphatic carbocycles. The van der Waals surface area contributed by atoms with E-state index in [0.29, 0.717) is 24.9 Å². The molecule has 1 aliphatic heterocycles. The number of ether oxygens (including phenoxy) is 1. The second kappa shape index (κ2) is 9.88. The molecular formula is C20H27N7O3. The van der Waals surface area contributed by atoms with E-state index >= 15 is 0 Å². The van der Waals surface area contributed by atoms with Gasteiger partial charge in [-0.25, -0.2) is 4.98 Å². The van der Waals surface area contributed by atoms with Gasteiger partial charge in [-0.2, -0.15) is 4.98 Å². The van der Waals surface area contributed by atoms with Crippen LogP contribution >= 0.6 is 0 Å². The quantitative estimate of drug-likeness (QED) is 0.548. The van der Waals surface area contributed by atoms with Crippen molar-refractivity contribution in [2.45, 2.75) is 6.92 Å². The van der Waals surface area contributed by atoms with Gasteiger partial charge in [0.25, 0.3) is 5.91 Å². The summed E-state index contributed by atoms with van der Waals surface area (Å²) in [6.45, 7) is 5.63. The van der Waals surface area contributed by atoms with E-state index in [1.807, 2.05) is 29.2 Å². The molecule has 30 heavy (non-hydrogen) atoms. The number of piperazine rings is 1. The van der Waals surface area contributed by atoms with Crippen molar-refractivity contribution < 1.29 is 14.3 Å². The van der Waals surface area contributed by atoms with Gasteiger partial charge in [-0.05, 0) is 24.3 Å². The number of aromatic nitrogens is 2. The Morgan fingerprint density at radius 2 is 1.87 bits per heavy atom. The Balaban J connectivity index is 1.65. The molecule has 10 nitrogen and oxygen atoms in total. The number of benzene rings is 1. The van der Waals surface area contributed by atoms with Gasteiger partial charge in [0, 0.05) is 64.3 Å². The van der Waals surface area contributed by atoms with Gasteiger partial charge >= 0.3 is 0 Å². The molecular weight excluding hydrogens is 386 g/mol. The molecule has 0 bridgehead atoms. The third-order valence-corrected chi connectivity index (χ3v) is 4.87. The average molecular weight is 413 g/mol. The van der Waals surface area contributed by atoms with E-state index in [9.17, 15) is 9.59 Å². The first-order valence-electron chi connectivity index (χ1n) is 9.75. The summed E-state index contributed by atoms with van der Waals surface area (Å²) in [5, 5.41) is 6.17. The zero-order chi connectivity index (χ0) is 21.5. The first-order chi connectivity index (χ1) is 14.5. The second-order valence-electron chi connectivity index (χ2n) is 6.90. The number of primary amides is 1. The maximum Gasteiger partial charge on any atom is 0.254 e. The van der Waals surface area contributed by atoms with Crippen LogP contribution in [-0.2, 0) is 9.53 Å². The lowest BCUT2D eigenvalue weighted by atomic mass is 10.2. The number of hydrogen-bond acceptors (Lipinski definition) is 8. The average Bonchev–Trinajstić information content (AvgIpc) is 2.74. The maximum absolute atomic E-state index is 11.6. The Kier molecular flexibility index (Phi) is 7.02. The van der Waals surface area contributed by atoms with Crippen LogP contribution in [-0.4, -0.2) is 73.1 Å². The minimum absolute atomic E-state index is 0.118. The highest BCUT2D eigenvalue weighted by molar-refractivity contribution is 5.97. The van der Waals surface area contributed by atoms with Gasteiger partial charge in [0.05, 0.1) is 12.2 Å². The minimum atomic E-state index is -0.601. The molecule has 3 rings (SSSR count). The van der Waals surface area contributed by atoms with Crippen molar-refractivity contribution in [3.05, 3.63) is 36.0 Å². The highest BCUT2D eigenvalue weighted by Gasteiger charge is 2.18. The number of nitrogens with two attached hydrogens (primary N) is 1. The first-order valence-corrected chi connectivity index (χ1v) is 9.75. The van der Waals surface area contributed by atoms with Crippen molar-refractivity contribution in [3.8, 4) is 0 Å². The zero-order valence-corrected chi connectivity index (χ0v) is 17.2. The number of amides is 2. The lowest BCUT2D eigenvalue weighted by Crippen LogP contribution is -2.48. The van der Waals surface area contributed by atoms with E-state index in [1.54, 1.807) is 14.0 Å². The van der Waals surface area contributed by atoms with Crippen LogP contribution in [0.3, 0.4) is 0 Å². The van der Waals surface area contributed by atoms with E-state index in [1.165, 1.54) is 6.20 Å². The largest absolute Gasteiger partial charge is 0.383 e. The molecule has 0 unspecified atom stereocenters. The Labute approximate surface area is 175 Å². The number of carbonyl (C=O) groups excluding carboxylic acids is 2. The summed E-state index contributed by atoms with van der Waals surface area (Å²) in [5.74, 6) is 0.225. The van der Waals surface area contributed by atoms with Gasteiger partial charge in [0.1, 0.15) is 5.82 Å². The van der Waals surface area contributed by atoms with Crippen LogP contribution in [0.5, 0.6) is 0 Å². The normalized spacial score (nSPS) is 13.8. The molecule has 2 amide bonds. The fraction of sp³-hybridized carbons (Fsp3) is 0.400. The minimum Gasteiger partial charge on any atom is -0.383 e. The molecule has 160 valence electrons. The fourth-order valence-corrected chi connectivity index (χ4v) is 3.19. The van der Waals surface area contributed by atoms with Crippen LogP contribution in [0.15, 0.2) is 30.5 Å². The van der Waals surface area contributed by atoms with Gasteiger partial charge in [-0.1, -0.05) is 0 Å². The SMILES string of the molecule is COCCNc1nc(Nc2ccc(N3CCN(C(C)=O)CC3)cc2)ncc1C(N)=O. The van der Waals surface area contributed by atoms with E-state index in [4.69, 9.17) is 10.5 Å². The van der Waals surface area contributed by atoms with Gasteiger partial charge in [0.15, 0.2) is 0 Å².